The minimum atomic E-state index is 0.00311. The van der Waals surface area contributed by atoms with Gasteiger partial charge < -0.3 is 9.64 Å². The minimum Gasteiger partial charge on any atom is -0.496 e. The fourth-order valence-electron chi connectivity index (χ4n) is 2.95. The van der Waals surface area contributed by atoms with E-state index in [1.54, 1.807) is 13.2 Å². The molecule has 0 unspecified atom stereocenters. The third kappa shape index (κ3) is 2.62. The molecule has 22 heavy (non-hydrogen) atoms. The van der Waals surface area contributed by atoms with Gasteiger partial charge in [0, 0.05) is 23.4 Å². The SMILES string of the molecule is COc1ccccc1/C=C/C(=O)N1c2ccccc2C[C@@H]1C. The molecule has 112 valence electrons. The first-order valence-electron chi connectivity index (χ1n) is 7.43. The zero-order valence-corrected chi connectivity index (χ0v) is 12.8. The van der Waals surface area contributed by atoms with Gasteiger partial charge in [-0.1, -0.05) is 36.4 Å². The molecule has 0 aliphatic carbocycles. The Morgan fingerprint density at radius 1 is 1.18 bits per heavy atom. The summed E-state index contributed by atoms with van der Waals surface area (Å²) in [5.41, 5.74) is 3.15. The third-order valence-electron chi connectivity index (χ3n) is 3.99. The molecule has 0 spiro atoms. The number of anilines is 1. The second-order valence-electron chi connectivity index (χ2n) is 5.47. The average molecular weight is 293 g/mol. The number of methoxy groups -OCH3 is 1. The molecule has 0 saturated carbocycles. The molecule has 1 amide bonds. The summed E-state index contributed by atoms with van der Waals surface area (Å²) in [6, 6.07) is 15.9. The molecule has 3 rings (SSSR count). The van der Waals surface area contributed by atoms with Crippen LogP contribution in [-0.2, 0) is 11.2 Å². The van der Waals surface area contributed by atoms with Crippen LogP contribution < -0.4 is 9.64 Å². The Morgan fingerprint density at radius 2 is 1.91 bits per heavy atom. The molecule has 0 saturated heterocycles. The first-order chi connectivity index (χ1) is 10.7. The molecule has 0 radical (unpaired) electrons. The molecular formula is C19H19NO2. The van der Waals surface area contributed by atoms with Gasteiger partial charge in [0.1, 0.15) is 5.75 Å². The van der Waals surface area contributed by atoms with Crippen LogP contribution in [-0.4, -0.2) is 19.1 Å². The minimum absolute atomic E-state index is 0.00311. The lowest BCUT2D eigenvalue weighted by Gasteiger charge is -2.21. The molecule has 1 heterocycles. The molecule has 3 heteroatoms. The molecule has 0 bridgehead atoms. The smallest absolute Gasteiger partial charge is 0.251 e. The number of fused-ring (bicyclic) bond motifs is 1. The average Bonchev–Trinajstić information content (AvgIpc) is 2.88. The number of carbonyl (C=O) groups is 1. The van der Waals surface area contributed by atoms with Crippen LogP contribution in [0.25, 0.3) is 6.08 Å². The Balaban J connectivity index is 1.84. The van der Waals surface area contributed by atoms with Crippen LogP contribution in [0.5, 0.6) is 5.75 Å². The molecule has 0 fully saturated rings. The molecule has 1 aliphatic rings. The number of amides is 1. The van der Waals surface area contributed by atoms with E-state index < -0.39 is 0 Å². The van der Waals surface area contributed by atoms with Gasteiger partial charge in [0.15, 0.2) is 0 Å². The molecule has 2 aromatic carbocycles. The molecule has 2 aromatic rings. The topological polar surface area (TPSA) is 29.5 Å². The van der Waals surface area contributed by atoms with Gasteiger partial charge in [-0.3, -0.25) is 4.79 Å². The van der Waals surface area contributed by atoms with E-state index in [0.717, 1.165) is 23.4 Å². The van der Waals surface area contributed by atoms with E-state index >= 15 is 0 Å². The van der Waals surface area contributed by atoms with Crippen molar-refractivity contribution in [1.29, 1.82) is 0 Å². The Labute approximate surface area is 130 Å². The van der Waals surface area contributed by atoms with Crippen LogP contribution in [0.2, 0.25) is 0 Å². The van der Waals surface area contributed by atoms with Gasteiger partial charge in [0.05, 0.1) is 7.11 Å². The summed E-state index contributed by atoms with van der Waals surface area (Å²) in [5.74, 6) is 0.768. The number of nitrogens with zero attached hydrogens (tertiary/aromatic N) is 1. The second kappa shape index (κ2) is 6.06. The number of carbonyl (C=O) groups excluding carboxylic acids is 1. The monoisotopic (exact) mass is 293 g/mol. The van der Waals surface area contributed by atoms with Gasteiger partial charge in [-0.05, 0) is 37.1 Å². The van der Waals surface area contributed by atoms with Crippen molar-refractivity contribution in [3.8, 4) is 5.75 Å². The predicted octanol–water partition coefficient (Wildman–Crippen LogP) is 3.69. The highest BCUT2D eigenvalue weighted by atomic mass is 16.5. The molecule has 0 aromatic heterocycles. The number of hydrogen-bond acceptors (Lipinski definition) is 2. The van der Waals surface area contributed by atoms with Crippen molar-refractivity contribution in [2.45, 2.75) is 19.4 Å². The van der Waals surface area contributed by atoms with Crippen molar-refractivity contribution in [1.82, 2.24) is 0 Å². The molecule has 1 atom stereocenters. The van der Waals surface area contributed by atoms with E-state index in [2.05, 4.69) is 13.0 Å². The Kier molecular flexibility index (Phi) is 3.96. The summed E-state index contributed by atoms with van der Waals surface area (Å²) in [4.78, 5) is 14.5. The highest BCUT2D eigenvalue weighted by molar-refractivity contribution is 6.05. The highest BCUT2D eigenvalue weighted by Gasteiger charge is 2.29. The van der Waals surface area contributed by atoms with Crippen molar-refractivity contribution in [2.24, 2.45) is 0 Å². The van der Waals surface area contributed by atoms with E-state index in [1.165, 1.54) is 5.56 Å². The molecule has 3 nitrogen and oxygen atoms in total. The van der Waals surface area contributed by atoms with Gasteiger partial charge >= 0.3 is 0 Å². The maximum atomic E-state index is 12.6. The lowest BCUT2D eigenvalue weighted by Crippen LogP contribution is -2.34. The third-order valence-corrected chi connectivity index (χ3v) is 3.99. The number of ether oxygens (including phenoxy) is 1. The maximum Gasteiger partial charge on any atom is 0.251 e. The number of rotatable bonds is 3. The van der Waals surface area contributed by atoms with Crippen LogP contribution >= 0.6 is 0 Å². The van der Waals surface area contributed by atoms with E-state index in [9.17, 15) is 4.79 Å². The van der Waals surface area contributed by atoms with E-state index in [4.69, 9.17) is 4.74 Å². The van der Waals surface area contributed by atoms with Crippen LogP contribution in [0.15, 0.2) is 54.6 Å². The summed E-state index contributed by atoms with van der Waals surface area (Å²) in [6.45, 7) is 2.08. The van der Waals surface area contributed by atoms with E-state index in [-0.39, 0.29) is 11.9 Å². The van der Waals surface area contributed by atoms with Gasteiger partial charge in [-0.15, -0.1) is 0 Å². The summed E-state index contributed by atoms with van der Waals surface area (Å²) >= 11 is 0. The summed E-state index contributed by atoms with van der Waals surface area (Å²) in [6.07, 6.45) is 4.34. The Morgan fingerprint density at radius 3 is 2.73 bits per heavy atom. The fraction of sp³-hybridized carbons (Fsp3) is 0.211. The Hall–Kier alpha value is -2.55. The largest absolute Gasteiger partial charge is 0.496 e. The first kappa shape index (κ1) is 14.4. The quantitative estimate of drug-likeness (QED) is 0.808. The highest BCUT2D eigenvalue weighted by Crippen LogP contribution is 2.32. The van der Waals surface area contributed by atoms with Crippen molar-refractivity contribution < 1.29 is 9.53 Å². The van der Waals surface area contributed by atoms with Crippen molar-refractivity contribution >= 4 is 17.7 Å². The van der Waals surface area contributed by atoms with E-state index in [1.807, 2.05) is 53.4 Å². The van der Waals surface area contributed by atoms with Gasteiger partial charge in [0.2, 0.25) is 0 Å². The summed E-state index contributed by atoms with van der Waals surface area (Å²) in [5, 5.41) is 0. The van der Waals surface area contributed by atoms with Gasteiger partial charge in [0.25, 0.3) is 5.91 Å². The van der Waals surface area contributed by atoms with Crippen LogP contribution in [0.4, 0.5) is 5.69 Å². The number of hydrogen-bond donors (Lipinski definition) is 0. The van der Waals surface area contributed by atoms with Gasteiger partial charge in [-0.2, -0.15) is 0 Å². The maximum absolute atomic E-state index is 12.6. The molecule has 0 N–H and O–H groups in total. The van der Waals surface area contributed by atoms with E-state index in [0.29, 0.717) is 0 Å². The zero-order valence-electron chi connectivity index (χ0n) is 12.8. The lowest BCUT2D eigenvalue weighted by molar-refractivity contribution is -0.114. The normalized spacial score (nSPS) is 16.8. The number of para-hydroxylation sites is 2. The van der Waals surface area contributed by atoms with Crippen LogP contribution in [0, 0.1) is 0 Å². The van der Waals surface area contributed by atoms with Crippen molar-refractivity contribution in [2.75, 3.05) is 12.0 Å². The lowest BCUT2D eigenvalue weighted by atomic mass is 10.1. The molecular weight excluding hydrogens is 274 g/mol. The zero-order chi connectivity index (χ0) is 15.5. The van der Waals surface area contributed by atoms with Crippen LogP contribution in [0.1, 0.15) is 18.1 Å². The van der Waals surface area contributed by atoms with Crippen molar-refractivity contribution in [3.05, 3.63) is 65.7 Å². The second-order valence-corrected chi connectivity index (χ2v) is 5.47. The Bertz CT molecular complexity index is 721. The summed E-state index contributed by atoms with van der Waals surface area (Å²) < 4.78 is 5.30. The van der Waals surface area contributed by atoms with Gasteiger partial charge in [-0.25, -0.2) is 0 Å². The standard InChI is InChI=1S/C19H19NO2/c1-14-13-16-8-3-5-9-17(16)20(14)19(21)12-11-15-7-4-6-10-18(15)22-2/h3-12,14H,13H2,1-2H3/b12-11+/t14-/m0/s1. The molecule has 1 aliphatic heterocycles. The van der Waals surface area contributed by atoms with Crippen molar-refractivity contribution in [3.63, 3.8) is 0 Å². The predicted molar refractivity (Wildman–Crippen MR) is 89.1 cm³/mol. The van der Waals surface area contributed by atoms with Crippen LogP contribution in [0.3, 0.4) is 0 Å². The summed E-state index contributed by atoms with van der Waals surface area (Å²) in [7, 11) is 1.63. The number of benzene rings is 2. The first-order valence-corrected chi connectivity index (χ1v) is 7.43. The fourth-order valence-corrected chi connectivity index (χ4v) is 2.95.